The quantitative estimate of drug-likeness (QED) is 0.814. The lowest BCUT2D eigenvalue weighted by molar-refractivity contribution is 0.0761. The smallest absolute Gasteiger partial charge is 0.255 e. The normalized spacial score (nSPS) is 14.4. The maximum Gasteiger partial charge on any atom is 0.255 e. The van der Waals surface area contributed by atoms with E-state index in [-0.39, 0.29) is 5.91 Å². The number of anilines is 2. The first kappa shape index (κ1) is 19.3. The third-order valence-corrected chi connectivity index (χ3v) is 4.93. The van der Waals surface area contributed by atoms with Crippen molar-refractivity contribution >= 4 is 28.9 Å². The lowest BCUT2D eigenvalue weighted by Crippen LogP contribution is -2.31. The van der Waals surface area contributed by atoms with Crippen molar-refractivity contribution in [3.63, 3.8) is 0 Å². The van der Waals surface area contributed by atoms with Crippen LogP contribution in [0.2, 0.25) is 5.02 Å². The zero-order valence-corrected chi connectivity index (χ0v) is 16.4. The number of halogens is 1. The number of methoxy groups -OCH3 is 2. The van der Waals surface area contributed by atoms with Gasteiger partial charge in [0.2, 0.25) is 0 Å². The van der Waals surface area contributed by atoms with Gasteiger partial charge in [-0.3, -0.25) is 9.78 Å². The fourth-order valence-corrected chi connectivity index (χ4v) is 3.43. The molecule has 1 fully saturated rings. The second kappa shape index (κ2) is 8.95. The Balaban J connectivity index is 1.83. The van der Waals surface area contributed by atoms with Crippen molar-refractivity contribution in [3.8, 4) is 11.5 Å². The molecule has 1 aromatic carbocycles. The van der Waals surface area contributed by atoms with Crippen molar-refractivity contribution in [2.24, 2.45) is 0 Å². The summed E-state index contributed by atoms with van der Waals surface area (Å²) in [5, 5.41) is 3.70. The van der Waals surface area contributed by atoms with E-state index in [4.69, 9.17) is 21.1 Å². The Morgan fingerprint density at radius 2 is 1.74 bits per heavy atom. The van der Waals surface area contributed by atoms with Gasteiger partial charge in [-0.05, 0) is 18.9 Å². The van der Waals surface area contributed by atoms with Crippen molar-refractivity contribution in [3.05, 3.63) is 41.2 Å². The predicted octanol–water partition coefficient (Wildman–Crippen LogP) is 4.51. The van der Waals surface area contributed by atoms with E-state index in [9.17, 15) is 4.79 Å². The summed E-state index contributed by atoms with van der Waals surface area (Å²) in [6.07, 6.45) is 7.75. The first-order valence-electron chi connectivity index (χ1n) is 9.05. The Labute approximate surface area is 164 Å². The van der Waals surface area contributed by atoms with E-state index in [1.807, 2.05) is 4.90 Å². The highest BCUT2D eigenvalue weighted by atomic mass is 35.5. The SMILES string of the molecule is COc1cc(Nc2cncc(C(=O)N3CCCCCC3)c2)c(OC)cc1Cl. The molecular weight excluding hydrogens is 366 g/mol. The maximum atomic E-state index is 12.8. The Morgan fingerprint density at radius 1 is 1.04 bits per heavy atom. The van der Waals surface area contributed by atoms with E-state index in [1.54, 1.807) is 44.8 Å². The van der Waals surface area contributed by atoms with E-state index >= 15 is 0 Å². The highest BCUT2D eigenvalue weighted by molar-refractivity contribution is 6.32. The molecule has 1 aliphatic heterocycles. The molecule has 2 heterocycles. The van der Waals surface area contributed by atoms with Crippen molar-refractivity contribution in [1.29, 1.82) is 0 Å². The van der Waals surface area contributed by atoms with Crippen molar-refractivity contribution < 1.29 is 14.3 Å². The molecule has 3 rings (SSSR count). The van der Waals surface area contributed by atoms with Gasteiger partial charge < -0.3 is 19.7 Å². The minimum absolute atomic E-state index is 0.0219. The number of ether oxygens (including phenoxy) is 2. The molecule has 1 amide bonds. The maximum absolute atomic E-state index is 12.8. The van der Waals surface area contributed by atoms with Crippen LogP contribution in [0.5, 0.6) is 11.5 Å². The third kappa shape index (κ3) is 4.63. The summed E-state index contributed by atoms with van der Waals surface area (Å²) in [6.45, 7) is 1.61. The zero-order valence-electron chi connectivity index (χ0n) is 15.6. The molecule has 0 aliphatic carbocycles. The second-order valence-corrected chi connectivity index (χ2v) is 6.89. The number of carbonyl (C=O) groups excluding carboxylic acids is 1. The minimum Gasteiger partial charge on any atom is -0.495 e. The number of nitrogens with one attached hydrogen (secondary N) is 1. The molecule has 0 saturated carbocycles. The van der Waals surface area contributed by atoms with Crippen LogP contribution < -0.4 is 14.8 Å². The molecule has 27 heavy (non-hydrogen) atoms. The van der Waals surface area contributed by atoms with Gasteiger partial charge in [-0.1, -0.05) is 24.4 Å². The van der Waals surface area contributed by atoms with Gasteiger partial charge in [0.05, 0.1) is 42.4 Å². The second-order valence-electron chi connectivity index (χ2n) is 6.48. The fraction of sp³-hybridized carbons (Fsp3) is 0.400. The Hall–Kier alpha value is -2.47. The van der Waals surface area contributed by atoms with Gasteiger partial charge >= 0.3 is 0 Å². The number of pyridine rings is 1. The van der Waals surface area contributed by atoms with Crippen LogP contribution in [0.25, 0.3) is 0 Å². The molecule has 1 aliphatic rings. The molecule has 0 spiro atoms. The van der Waals surface area contributed by atoms with Gasteiger partial charge in [0, 0.05) is 31.4 Å². The summed E-state index contributed by atoms with van der Waals surface area (Å²) in [5.41, 5.74) is 1.94. The van der Waals surface area contributed by atoms with Crippen LogP contribution in [-0.4, -0.2) is 43.1 Å². The number of benzene rings is 1. The lowest BCUT2D eigenvalue weighted by atomic mass is 10.2. The molecule has 144 valence electrons. The van der Waals surface area contributed by atoms with Crippen LogP contribution in [0.4, 0.5) is 11.4 Å². The standard InChI is InChI=1S/C20H24ClN3O3/c1-26-18-11-17(19(27-2)10-16(18)21)23-15-9-14(12-22-13-15)20(25)24-7-5-3-4-6-8-24/h9-13,23H,3-8H2,1-2H3. The highest BCUT2D eigenvalue weighted by Crippen LogP contribution is 2.37. The minimum atomic E-state index is 0.0219. The molecule has 6 nitrogen and oxygen atoms in total. The van der Waals surface area contributed by atoms with Crippen LogP contribution >= 0.6 is 11.6 Å². The van der Waals surface area contributed by atoms with Crippen LogP contribution in [-0.2, 0) is 0 Å². The molecule has 0 radical (unpaired) electrons. The van der Waals surface area contributed by atoms with Crippen LogP contribution in [0.15, 0.2) is 30.6 Å². The Morgan fingerprint density at radius 3 is 2.41 bits per heavy atom. The van der Waals surface area contributed by atoms with Gasteiger partial charge in [-0.25, -0.2) is 0 Å². The van der Waals surface area contributed by atoms with Crippen LogP contribution in [0, 0.1) is 0 Å². The molecule has 1 aromatic heterocycles. The molecule has 7 heteroatoms. The number of hydrogen-bond donors (Lipinski definition) is 1. The van der Waals surface area contributed by atoms with Gasteiger partial charge in [-0.2, -0.15) is 0 Å². The van der Waals surface area contributed by atoms with Crippen LogP contribution in [0.3, 0.4) is 0 Å². The fourth-order valence-electron chi connectivity index (χ4n) is 3.20. The molecule has 1 saturated heterocycles. The summed E-state index contributed by atoms with van der Waals surface area (Å²) >= 11 is 6.15. The van der Waals surface area contributed by atoms with Crippen molar-refractivity contribution in [1.82, 2.24) is 9.88 Å². The molecule has 0 bridgehead atoms. The van der Waals surface area contributed by atoms with Crippen molar-refractivity contribution in [2.75, 3.05) is 32.6 Å². The number of nitrogens with zero attached hydrogens (tertiary/aromatic N) is 2. The van der Waals surface area contributed by atoms with E-state index in [2.05, 4.69) is 10.3 Å². The lowest BCUT2D eigenvalue weighted by Gasteiger charge is -2.20. The van der Waals surface area contributed by atoms with Gasteiger partial charge in [-0.15, -0.1) is 0 Å². The van der Waals surface area contributed by atoms with E-state index in [0.29, 0.717) is 33.5 Å². The summed E-state index contributed by atoms with van der Waals surface area (Å²) < 4.78 is 10.7. The summed E-state index contributed by atoms with van der Waals surface area (Å²) in [6, 6.07) is 5.24. The van der Waals surface area contributed by atoms with E-state index in [1.165, 1.54) is 12.8 Å². The molecule has 1 N–H and O–H groups in total. The van der Waals surface area contributed by atoms with E-state index in [0.717, 1.165) is 25.9 Å². The first-order chi connectivity index (χ1) is 13.1. The number of hydrogen-bond acceptors (Lipinski definition) is 5. The molecule has 0 unspecified atom stereocenters. The highest BCUT2D eigenvalue weighted by Gasteiger charge is 2.18. The van der Waals surface area contributed by atoms with Gasteiger partial charge in [0.15, 0.2) is 0 Å². The summed E-state index contributed by atoms with van der Waals surface area (Å²) in [4.78, 5) is 19.0. The van der Waals surface area contributed by atoms with Gasteiger partial charge in [0.1, 0.15) is 11.5 Å². The average molecular weight is 390 g/mol. The van der Waals surface area contributed by atoms with Crippen LogP contribution in [0.1, 0.15) is 36.0 Å². The number of likely N-dealkylation sites (tertiary alicyclic amines) is 1. The predicted molar refractivity (Wildman–Crippen MR) is 106 cm³/mol. The molecule has 2 aromatic rings. The van der Waals surface area contributed by atoms with Gasteiger partial charge in [0.25, 0.3) is 5.91 Å². The van der Waals surface area contributed by atoms with Crippen molar-refractivity contribution in [2.45, 2.75) is 25.7 Å². The number of carbonyl (C=O) groups is 1. The monoisotopic (exact) mass is 389 g/mol. The molecular formula is C20H24ClN3O3. The zero-order chi connectivity index (χ0) is 19.2. The van der Waals surface area contributed by atoms with E-state index < -0.39 is 0 Å². The first-order valence-corrected chi connectivity index (χ1v) is 9.43. The molecule has 0 atom stereocenters. The topological polar surface area (TPSA) is 63.7 Å². The Bertz CT molecular complexity index is 805. The number of amides is 1. The Kier molecular flexibility index (Phi) is 6.40. The number of rotatable bonds is 5. The number of aromatic nitrogens is 1. The summed E-state index contributed by atoms with van der Waals surface area (Å²) in [7, 11) is 3.13. The summed E-state index contributed by atoms with van der Waals surface area (Å²) in [5.74, 6) is 1.13. The average Bonchev–Trinajstić information content (AvgIpc) is 2.98. The third-order valence-electron chi connectivity index (χ3n) is 4.63. The largest absolute Gasteiger partial charge is 0.495 e.